The van der Waals surface area contributed by atoms with Crippen LogP contribution in [-0.2, 0) is 26.0 Å². The molecule has 2 saturated heterocycles. The van der Waals surface area contributed by atoms with Crippen molar-refractivity contribution in [2.24, 2.45) is 11.8 Å². The van der Waals surface area contributed by atoms with E-state index >= 15 is 4.39 Å². The maximum absolute atomic E-state index is 16.5. The second-order valence-electron chi connectivity index (χ2n) is 13.2. The zero-order chi connectivity index (χ0) is 36.6. The van der Waals surface area contributed by atoms with Crippen LogP contribution in [-0.4, -0.2) is 86.5 Å². The summed E-state index contributed by atoms with van der Waals surface area (Å²) in [5.74, 6) is -2.46. The number of benzene rings is 2. The molecule has 51 heavy (non-hydrogen) atoms. The third-order valence-electron chi connectivity index (χ3n) is 9.39. The second kappa shape index (κ2) is 12.6. The topological polar surface area (TPSA) is 137 Å². The number of sulfonamides is 1. The number of alkyl halides is 3. The lowest BCUT2D eigenvalue weighted by Gasteiger charge is -2.43. The molecule has 0 bridgehead atoms. The van der Waals surface area contributed by atoms with Crippen molar-refractivity contribution in [3.05, 3.63) is 65.9 Å². The van der Waals surface area contributed by atoms with Gasteiger partial charge in [-0.2, -0.15) is 13.2 Å². The Morgan fingerprint density at radius 2 is 1.63 bits per heavy atom. The highest BCUT2D eigenvalue weighted by Crippen LogP contribution is 2.49. The minimum atomic E-state index is -5.28. The smallest absolute Gasteiger partial charge is 0.351 e. The average molecular weight is 770 g/mol. The van der Waals surface area contributed by atoms with E-state index in [1.54, 1.807) is 6.07 Å². The summed E-state index contributed by atoms with van der Waals surface area (Å²) in [6.45, 7) is 5.49. The van der Waals surface area contributed by atoms with Crippen molar-refractivity contribution >= 4 is 48.0 Å². The molecule has 11 nitrogen and oxygen atoms in total. The molecule has 3 fully saturated rings. The highest BCUT2D eigenvalue weighted by atomic mass is 32.2. The summed E-state index contributed by atoms with van der Waals surface area (Å²) in [6, 6.07) is 6.90. The molecule has 272 valence electrons. The molecule has 4 aromatic rings. The van der Waals surface area contributed by atoms with E-state index in [-0.39, 0.29) is 58.7 Å². The van der Waals surface area contributed by atoms with Gasteiger partial charge in [-0.05, 0) is 63.1 Å². The van der Waals surface area contributed by atoms with E-state index in [0.29, 0.717) is 27.8 Å². The Labute approximate surface area is 294 Å². The number of rotatable bonds is 8. The zero-order valence-corrected chi connectivity index (χ0v) is 29.8. The van der Waals surface area contributed by atoms with Crippen LogP contribution in [0.15, 0.2) is 53.6 Å². The monoisotopic (exact) mass is 769 g/mol. The molecule has 2 aromatic carbocycles. The van der Waals surface area contributed by atoms with Gasteiger partial charge in [0.25, 0.3) is 10.0 Å². The van der Waals surface area contributed by atoms with Gasteiger partial charge < -0.3 is 15.1 Å². The van der Waals surface area contributed by atoms with Gasteiger partial charge in [0.15, 0.2) is 20.8 Å². The number of hydrogen-bond acceptors (Lipinski definition) is 11. The van der Waals surface area contributed by atoms with Crippen LogP contribution < -0.4 is 14.9 Å². The average Bonchev–Trinajstić information content (AvgIpc) is 3.32. The molecule has 5 atom stereocenters. The molecular weight excluding hydrogens is 738 g/mol. The molecule has 1 saturated carbocycles. The van der Waals surface area contributed by atoms with Crippen LogP contribution >= 0.6 is 11.3 Å². The molecule has 1 aliphatic carbocycles. The molecule has 2 aromatic heterocycles. The van der Waals surface area contributed by atoms with Crippen LogP contribution in [0.2, 0.25) is 0 Å². The first kappa shape index (κ1) is 35.5. The van der Waals surface area contributed by atoms with Crippen molar-refractivity contribution in [1.29, 1.82) is 0 Å². The summed E-state index contributed by atoms with van der Waals surface area (Å²) < 4.78 is 124. The highest BCUT2D eigenvalue weighted by molar-refractivity contribution is 7.92. The lowest BCUT2D eigenvalue weighted by Crippen LogP contribution is -2.55. The number of nitrogens with one attached hydrogen (secondary N) is 2. The standard InChI is InChI=1S/C32H32F5N7O4S3/c1-16-12-43(3)13-17(2)44(16)31-41-27(28(49-31)24-10-11-38-30(39-24)40-26-19-14-50(45,46)15-20(19)26)18-6-4-9-23(25(18)34)42-51(47,48)29-21(32(35,36)37)7-5-8-22(29)33/h4-11,16-17,19-20,26,42H,12-15H2,1-3H3,(H,38,39,40)/t16-,17-,19-,20+,26?/m0/s1. The van der Waals surface area contributed by atoms with Crippen LogP contribution in [0.1, 0.15) is 19.4 Å². The number of anilines is 3. The quantitative estimate of drug-likeness (QED) is 0.226. The van der Waals surface area contributed by atoms with E-state index < -0.39 is 53.8 Å². The minimum absolute atomic E-state index is 0.00497. The molecule has 0 amide bonds. The van der Waals surface area contributed by atoms with E-state index in [1.165, 1.54) is 29.7 Å². The number of fused-ring (bicyclic) bond motifs is 1. The number of nitrogens with zero attached hydrogens (tertiary/aromatic N) is 5. The van der Waals surface area contributed by atoms with E-state index in [4.69, 9.17) is 4.98 Å². The third-order valence-corrected chi connectivity index (χ3v) is 13.7. The fourth-order valence-electron chi connectivity index (χ4n) is 7.21. The van der Waals surface area contributed by atoms with E-state index in [0.717, 1.165) is 25.2 Å². The Hall–Kier alpha value is -3.94. The third kappa shape index (κ3) is 6.75. The normalized spacial score (nSPS) is 24.7. The van der Waals surface area contributed by atoms with Crippen LogP contribution in [0, 0.1) is 23.5 Å². The lowest BCUT2D eigenvalue weighted by molar-refractivity contribution is -0.140. The van der Waals surface area contributed by atoms with Gasteiger partial charge in [0.1, 0.15) is 10.7 Å². The number of hydrogen-bond donors (Lipinski definition) is 2. The number of piperazine rings is 1. The zero-order valence-electron chi connectivity index (χ0n) is 27.3. The number of likely N-dealkylation sites (N-methyl/N-ethyl adjacent to an activating group) is 1. The predicted molar refractivity (Wildman–Crippen MR) is 183 cm³/mol. The molecular formula is C32H32F5N7O4S3. The summed E-state index contributed by atoms with van der Waals surface area (Å²) in [5, 5.41) is 3.75. The van der Waals surface area contributed by atoms with Gasteiger partial charge in [0.05, 0.1) is 39.0 Å². The van der Waals surface area contributed by atoms with Crippen LogP contribution in [0.25, 0.3) is 21.8 Å². The number of sulfone groups is 1. The molecule has 19 heteroatoms. The molecule has 7 rings (SSSR count). The molecule has 4 heterocycles. The number of halogens is 5. The van der Waals surface area contributed by atoms with Crippen LogP contribution in [0.4, 0.5) is 38.7 Å². The van der Waals surface area contributed by atoms with Crippen LogP contribution in [0.3, 0.4) is 0 Å². The van der Waals surface area contributed by atoms with Crippen molar-refractivity contribution in [3.63, 3.8) is 0 Å². The second-order valence-corrected chi connectivity index (χ2v) is 18.0. The Kier molecular flexibility index (Phi) is 8.78. The van der Waals surface area contributed by atoms with Gasteiger partial charge >= 0.3 is 6.18 Å². The summed E-state index contributed by atoms with van der Waals surface area (Å²) in [4.78, 5) is 16.8. The first-order chi connectivity index (χ1) is 23.9. The van der Waals surface area contributed by atoms with Gasteiger partial charge in [0.2, 0.25) is 5.95 Å². The van der Waals surface area contributed by atoms with E-state index in [2.05, 4.69) is 25.1 Å². The highest BCUT2D eigenvalue weighted by Gasteiger charge is 2.59. The van der Waals surface area contributed by atoms with Gasteiger partial charge in [-0.25, -0.2) is 40.6 Å². The maximum Gasteiger partial charge on any atom is 0.417 e. The molecule has 1 unspecified atom stereocenters. The molecule has 2 N–H and O–H groups in total. The lowest BCUT2D eigenvalue weighted by atomic mass is 10.1. The van der Waals surface area contributed by atoms with E-state index in [1.807, 2.05) is 25.6 Å². The minimum Gasteiger partial charge on any atom is -0.351 e. The summed E-state index contributed by atoms with van der Waals surface area (Å²) in [5.41, 5.74) is -2.19. The summed E-state index contributed by atoms with van der Waals surface area (Å²) >= 11 is 1.23. The van der Waals surface area contributed by atoms with Gasteiger partial charge in [-0.15, -0.1) is 0 Å². The molecule has 3 aliphatic rings. The molecule has 0 radical (unpaired) electrons. The Morgan fingerprint density at radius 3 is 2.29 bits per heavy atom. The van der Waals surface area contributed by atoms with Gasteiger partial charge in [-0.3, -0.25) is 4.72 Å². The summed E-state index contributed by atoms with van der Waals surface area (Å²) in [6.07, 6.45) is -3.71. The Morgan fingerprint density at radius 1 is 0.961 bits per heavy atom. The fourth-order valence-corrected chi connectivity index (χ4v) is 12.0. The van der Waals surface area contributed by atoms with Crippen molar-refractivity contribution in [2.75, 3.05) is 46.6 Å². The number of thiazole rings is 1. The molecule has 0 spiro atoms. The van der Waals surface area contributed by atoms with E-state index in [9.17, 15) is 34.4 Å². The van der Waals surface area contributed by atoms with Crippen molar-refractivity contribution in [2.45, 2.75) is 43.0 Å². The van der Waals surface area contributed by atoms with Crippen molar-refractivity contribution < 1.29 is 38.8 Å². The maximum atomic E-state index is 16.5. The fraction of sp³-hybridized carbons (Fsp3) is 0.406. The SMILES string of the molecule is C[C@H]1CN(C)C[C@H](C)N1c1nc(-c2cccc(NS(=O)(=O)c3c(F)cccc3C(F)(F)F)c2F)c(-c2ccnc(NC3[C@H]4CS(=O)(=O)C[C@@H]34)n2)s1. The number of aromatic nitrogens is 3. The van der Waals surface area contributed by atoms with Gasteiger partial charge in [0, 0.05) is 43.0 Å². The Balaban J connectivity index is 1.28. The predicted octanol–water partition coefficient (Wildman–Crippen LogP) is 5.35. The van der Waals surface area contributed by atoms with Crippen molar-refractivity contribution in [3.8, 4) is 21.8 Å². The van der Waals surface area contributed by atoms with Gasteiger partial charge in [-0.1, -0.05) is 23.5 Å². The first-order valence-corrected chi connectivity index (χ1v) is 20.0. The first-order valence-electron chi connectivity index (χ1n) is 15.9. The van der Waals surface area contributed by atoms with Crippen molar-refractivity contribution in [1.82, 2.24) is 19.9 Å². The van der Waals surface area contributed by atoms with Crippen LogP contribution in [0.5, 0.6) is 0 Å². The largest absolute Gasteiger partial charge is 0.417 e. The molecule has 2 aliphatic heterocycles. The Bertz CT molecular complexity index is 2210. The summed E-state index contributed by atoms with van der Waals surface area (Å²) in [7, 11) is -6.34.